The number of alkyl halides is 1. The van der Waals surface area contributed by atoms with Gasteiger partial charge in [0.1, 0.15) is 0 Å². The van der Waals surface area contributed by atoms with Gasteiger partial charge in [0.15, 0.2) is 0 Å². The summed E-state index contributed by atoms with van der Waals surface area (Å²) < 4.78 is 0. The van der Waals surface area contributed by atoms with Gasteiger partial charge >= 0.3 is 0 Å². The third kappa shape index (κ3) is 2.82. The highest BCUT2D eigenvalue weighted by molar-refractivity contribution is 6.20. The first-order valence-electron chi connectivity index (χ1n) is 5.71. The van der Waals surface area contributed by atoms with E-state index in [-0.39, 0.29) is 0 Å². The molecule has 0 spiro atoms. The fraction of sp³-hybridized carbons (Fsp3) is 0.727. The molecular weight excluding hydrogens is 224 g/mol. The van der Waals surface area contributed by atoms with Gasteiger partial charge in [0.05, 0.1) is 11.4 Å². The second-order valence-electron chi connectivity index (χ2n) is 4.46. The second kappa shape index (κ2) is 4.95. The molecule has 5 heteroatoms. The van der Waals surface area contributed by atoms with Crippen LogP contribution in [-0.4, -0.2) is 27.1 Å². The van der Waals surface area contributed by atoms with E-state index < -0.39 is 0 Å². The molecule has 1 heterocycles. The Morgan fingerprint density at radius 1 is 1.25 bits per heavy atom. The molecule has 0 aromatic carbocycles. The number of hydrogen-bond donors (Lipinski definition) is 1. The lowest BCUT2D eigenvalue weighted by atomic mass is 10.1. The summed E-state index contributed by atoms with van der Waals surface area (Å²) in [6, 6.07) is 0. The predicted octanol–water partition coefficient (Wildman–Crippen LogP) is 2.31. The number of aryl methyl sites for hydroxylation is 2. The summed E-state index contributed by atoms with van der Waals surface area (Å²) in [7, 11) is 0. The summed E-state index contributed by atoms with van der Waals surface area (Å²) in [5.41, 5.74) is 1.81. The first-order valence-corrected chi connectivity index (χ1v) is 6.14. The Morgan fingerprint density at radius 3 is 2.69 bits per heavy atom. The lowest BCUT2D eigenvalue weighted by molar-refractivity contribution is 0.577. The van der Waals surface area contributed by atoms with Gasteiger partial charge < -0.3 is 5.32 Å². The Bertz CT molecular complexity index is 369. The van der Waals surface area contributed by atoms with Crippen LogP contribution in [0.25, 0.3) is 0 Å². The minimum atomic E-state index is 0.352. The SMILES string of the molecule is Cc1nnc(NCC2CCC(Cl)C2)nc1C. The Labute approximate surface area is 101 Å². The van der Waals surface area contributed by atoms with Crippen LogP contribution in [0, 0.1) is 19.8 Å². The molecule has 88 valence electrons. The zero-order valence-corrected chi connectivity index (χ0v) is 10.5. The van der Waals surface area contributed by atoms with Crippen molar-refractivity contribution in [3.8, 4) is 0 Å². The summed E-state index contributed by atoms with van der Waals surface area (Å²) >= 11 is 6.06. The van der Waals surface area contributed by atoms with Crippen molar-refractivity contribution in [1.29, 1.82) is 0 Å². The van der Waals surface area contributed by atoms with Crippen LogP contribution in [0.2, 0.25) is 0 Å². The van der Waals surface area contributed by atoms with E-state index in [1.54, 1.807) is 0 Å². The molecular formula is C11H17ClN4. The van der Waals surface area contributed by atoms with Gasteiger partial charge in [0.2, 0.25) is 5.95 Å². The molecule has 0 aliphatic heterocycles. The summed E-state index contributed by atoms with van der Waals surface area (Å²) in [5.74, 6) is 1.27. The van der Waals surface area contributed by atoms with Crippen molar-refractivity contribution in [3.63, 3.8) is 0 Å². The molecule has 1 aliphatic carbocycles. The van der Waals surface area contributed by atoms with E-state index in [9.17, 15) is 0 Å². The molecule has 1 aliphatic rings. The number of aromatic nitrogens is 3. The largest absolute Gasteiger partial charge is 0.353 e. The monoisotopic (exact) mass is 240 g/mol. The second-order valence-corrected chi connectivity index (χ2v) is 5.08. The van der Waals surface area contributed by atoms with Crippen molar-refractivity contribution < 1.29 is 0 Å². The van der Waals surface area contributed by atoms with Gasteiger partial charge in [-0.25, -0.2) is 4.98 Å². The van der Waals surface area contributed by atoms with Crippen LogP contribution >= 0.6 is 11.6 Å². The van der Waals surface area contributed by atoms with Crippen LogP contribution in [0.15, 0.2) is 0 Å². The van der Waals surface area contributed by atoms with Gasteiger partial charge in [0, 0.05) is 11.9 Å². The van der Waals surface area contributed by atoms with E-state index in [4.69, 9.17) is 11.6 Å². The zero-order valence-electron chi connectivity index (χ0n) is 9.70. The average Bonchev–Trinajstić information content (AvgIpc) is 2.66. The van der Waals surface area contributed by atoms with Crippen molar-refractivity contribution in [2.75, 3.05) is 11.9 Å². The molecule has 1 aromatic rings. The molecule has 2 atom stereocenters. The topological polar surface area (TPSA) is 50.7 Å². The first-order chi connectivity index (χ1) is 7.65. The molecule has 0 radical (unpaired) electrons. The van der Waals surface area contributed by atoms with E-state index in [0.717, 1.165) is 30.8 Å². The molecule has 1 aromatic heterocycles. The van der Waals surface area contributed by atoms with Gasteiger partial charge in [0.25, 0.3) is 0 Å². The van der Waals surface area contributed by atoms with Crippen LogP contribution in [0.3, 0.4) is 0 Å². The number of halogens is 1. The van der Waals surface area contributed by atoms with E-state index in [2.05, 4.69) is 20.5 Å². The van der Waals surface area contributed by atoms with Gasteiger partial charge in [-0.05, 0) is 39.0 Å². The summed E-state index contributed by atoms with van der Waals surface area (Å²) in [4.78, 5) is 4.33. The lowest BCUT2D eigenvalue weighted by Gasteiger charge is -2.10. The highest BCUT2D eigenvalue weighted by Crippen LogP contribution is 2.29. The standard InChI is InChI=1S/C11H17ClN4/c1-7-8(2)15-16-11(14-7)13-6-9-3-4-10(12)5-9/h9-10H,3-6H2,1-2H3,(H,13,14,16). The summed E-state index contributed by atoms with van der Waals surface area (Å²) in [5, 5.41) is 11.6. The Morgan fingerprint density at radius 2 is 2.06 bits per heavy atom. The number of anilines is 1. The molecule has 1 N–H and O–H groups in total. The maximum Gasteiger partial charge on any atom is 0.242 e. The Balaban J connectivity index is 1.87. The van der Waals surface area contributed by atoms with Gasteiger partial charge in [-0.15, -0.1) is 16.7 Å². The normalized spacial score (nSPS) is 24.7. The maximum absolute atomic E-state index is 6.06. The minimum absolute atomic E-state index is 0.352. The quantitative estimate of drug-likeness (QED) is 0.824. The van der Waals surface area contributed by atoms with Crippen LogP contribution in [0.4, 0.5) is 5.95 Å². The third-order valence-electron chi connectivity index (χ3n) is 3.12. The zero-order chi connectivity index (χ0) is 11.5. The molecule has 4 nitrogen and oxygen atoms in total. The smallest absolute Gasteiger partial charge is 0.242 e. The molecule has 0 saturated heterocycles. The van der Waals surface area contributed by atoms with Crippen LogP contribution in [0.1, 0.15) is 30.7 Å². The molecule has 2 rings (SSSR count). The fourth-order valence-electron chi connectivity index (χ4n) is 1.97. The highest BCUT2D eigenvalue weighted by atomic mass is 35.5. The van der Waals surface area contributed by atoms with E-state index in [1.165, 1.54) is 6.42 Å². The third-order valence-corrected chi connectivity index (χ3v) is 3.51. The molecule has 1 fully saturated rings. The van der Waals surface area contributed by atoms with Crippen LogP contribution in [-0.2, 0) is 0 Å². The molecule has 0 bridgehead atoms. The number of hydrogen-bond acceptors (Lipinski definition) is 4. The van der Waals surface area contributed by atoms with Gasteiger partial charge in [-0.1, -0.05) is 0 Å². The van der Waals surface area contributed by atoms with E-state index in [0.29, 0.717) is 17.2 Å². The summed E-state index contributed by atoms with van der Waals surface area (Å²) in [6.07, 6.45) is 3.41. The van der Waals surface area contributed by atoms with Crippen LogP contribution in [0.5, 0.6) is 0 Å². The molecule has 2 unspecified atom stereocenters. The van der Waals surface area contributed by atoms with Gasteiger partial charge in [-0.2, -0.15) is 5.10 Å². The summed E-state index contributed by atoms with van der Waals surface area (Å²) in [6.45, 7) is 4.75. The average molecular weight is 241 g/mol. The van der Waals surface area contributed by atoms with Crippen molar-refractivity contribution in [1.82, 2.24) is 15.2 Å². The first kappa shape index (κ1) is 11.6. The highest BCUT2D eigenvalue weighted by Gasteiger charge is 2.22. The van der Waals surface area contributed by atoms with Crippen molar-refractivity contribution in [2.45, 2.75) is 38.5 Å². The van der Waals surface area contributed by atoms with E-state index >= 15 is 0 Å². The predicted molar refractivity (Wildman–Crippen MR) is 64.8 cm³/mol. The Kier molecular flexibility index (Phi) is 3.59. The molecule has 1 saturated carbocycles. The lowest BCUT2D eigenvalue weighted by Crippen LogP contribution is -2.14. The minimum Gasteiger partial charge on any atom is -0.353 e. The van der Waals surface area contributed by atoms with Crippen molar-refractivity contribution in [3.05, 3.63) is 11.4 Å². The van der Waals surface area contributed by atoms with Crippen molar-refractivity contribution in [2.24, 2.45) is 5.92 Å². The van der Waals surface area contributed by atoms with Gasteiger partial charge in [-0.3, -0.25) is 0 Å². The van der Waals surface area contributed by atoms with Crippen molar-refractivity contribution >= 4 is 17.5 Å². The molecule has 16 heavy (non-hydrogen) atoms. The molecule has 0 amide bonds. The Hall–Kier alpha value is -0.900. The number of rotatable bonds is 3. The maximum atomic E-state index is 6.06. The van der Waals surface area contributed by atoms with E-state index in [1.807, 2.05) is 13.8 Å². The number of nitrogens with zero attached hydrogens (tertiary/aromatic N) is 3. The fourth-order valence-corrected chi connectivity index (χ4v) is 2.34. The van der Waals surface area contributed by atoms with Crippen LogP contribution < -0.4 is 5.32 Å². The number of nitrogens with one attached hydrogen (secondary N) is 1.